The Balaban J connectivity index is 0.00000361. The summed E-state index contributed by atoms with van der Waals surface area (Å²) < 4.78 is 1.91. The minimum atomic E-state index is -0.415. The highest BCUT2D eigenvalue weighted by Gasteiger charge is 2.23. The lowest BCUT2D eigenvalue weighted by Crippen LogP contribution is -2.45. The van der Waals surface area contributed by atoms with E-state index in [9.17, 15) is 4.79 Å². The highest BCUT2D eigenvalue weighted by Crippen LogP contribution is 2.19. The molecule has 0 unspecified atom stereocenters. The maximum Gasteiger partial charge on any atom is 0.254 e. The Morgan fingerprint density at radius 2 is 1.90 bits per heavy atom. The first-order chi connectivity index (χ1) is 8.56. The minimum absolute atomic E-state index is 0. The van der Waals surface area contributed by atoms with Gasteiger partial charge in [0.1, 0.15) is 0 Å². The fourth-order valence-corrected chi connectivity index (χ4v) is 1.89. The summed E-state index contributed by atoms with van der Waals surface area (Å²) in [4.78, 5) is 12.2. The van der Waals surface area contributed by atoms with Gasteiger partial charge in [-0.2, -0.15) is 5.10 Å². The highest BCUT2D eigenvalue weighted by atomic mass is 35.5. The Morgan fingerprint density at radius 3 is 2.30 bits per heavy atom. The SMILES string of the molecule is CCc1c(C(=O)NCC(C)(C)N)cnn1C(C)(C)C.Cl. The number of aromatic nitrogens is 2. The summed E-state index contributed by atoms with van der Waals surface area (Å²) in [6.07, 6.45) is 2.41. The van der Waals surface area contributed by atoms with Gasteiger partial charge in [0.25, 0.3) is 5.91 Å². The molecule has 0 aliphatic heterocycles. The van der Waals surface area contributed by atoms with Crippen LogP contribution in [0.25, 0.3) is 0 Å². The highest BCUT2D eigenvalue weighted by molar-refractivity contribution is 5.95. The zero-order valence-corrected chi connectivity index (χ0v) is 14.1. The van der Waals surface area contributed by atoms with Crippen molar-refractivity contribution < 1.29 is 4.79 Å². The third-order valence-electron chi connectivity index (χ3n) is 2.79. The van der Waals surface area contributed by atoms with Crippen LogP contribution in [0.3, 0.4) is 0 Å². The van der Waals surface area contributed by atoms with E-state index >= 15 is 0 Å². The van der Waals surface area contributed by atoms with Crippen molar-refractivity contribution in [2.75, 3.05) is 6.54 Å². The molecule has 3 N–H and O–H groups in total. The number of amides is 1. The van der Waals surface area contributed by atoms with E-state index in [0.29, 0.717) is 12.1 Å². The zero-order chi connectivity index (χ0) is 14.8. The second-order valence-electron chi connectivity index (χ2n) is 6.61. The van der Waals surface area contributed by atoms with E-state index in [4.69, 9.17) is 5.73 Å². The molecule has 0 spiro atoms. The van der Waals surface area contributed by atoms with Crippen LogP contribution in [-0.2, 0) is 12.0 Å². The van der Waals surface area contributed by atoms with Crippen molar-refractivity contribution in [2.24, 2.45) is 5.73 Å². The third kappa shape index (κ3) is 4.80. The van der Waals surface area contributed by atoms with Gasteiger partial charge < -0.3 is 11.1 Å². The van der Waals surface area contributed by atoms with Crippen molar-refractivity contribution in [3.05, 3.63) is 17.5 Å². The molecular formula is C14H27ClN4O. The van der Waals surface area contributed by atoms with Crippen molar-refractivity contribution in [3.8, 4) is 0 Å². The lowest BCUT2D eigenvalue weighted by Gasteiger charge is -2.23. The summed E-state index contributed by atoms with van der Waals surface area (Å²) in [6.45, 7) is 12.5. The second kappa shape index (κ2) is 6.59. The molecule has 0 bridgehead atoms. The number of nitrogens with zero attached hydrogens (tertiary/aromatic N) is 2. The normalized spacial score (nSPS) is 11.9. The average molecular weight is 303 g/mol. The van der Waals surface area contributed by atoms with Crippen molar-refractivity contribution in [3.63, 3.8) is 0 Å². The molecule has 0 fully saturated rings. The molecule has 1 aromatic heterocycles. The van der Waals surface area contributed by atoms with E-state index in [1.807, 2.05) is 25.5 Å². The van der Waals surface area contributed by atoms with Crippen LogP contribution in [-0.4, -0.2) is 27.8 Å². The van der Waals surface area contributed by atoms with E-state index in [2.05, 4.69) is 31.2 Å². The number of carbonyl (C=O) groups is 1. The molecule has 1 rings (SSSR count). The van der Waals surface area contributed by atoms with Gasteiger partial charge >= 0.3 is 0 Å². The van der Waals surface area contributed by atoms with Crippen LogP contribution in [0.1, 0.15) is 57.6 Å². The topological polar surface area (TPSA) is 72.9 Å². The molecule has 1 heterocycles. The van der Waals surface area contributed by atoms with E-state index < -0.39 is 5.54 Å². The van der Waals surface area contributed by atoms with E-state index in [0.717, 1.165) is 12.1 Å². The Bertz CT molecular complexity index is 455. The van der Waals surface area contributed by atoms with Gasteiger partial charge in [0.15, 0.2) is 0 Å². The summed E-state index contributed by atoms with van der Waals surface area (Å²) in [5, 5.41) is 7.21. The van der Waals surface area contributed by atoms with Gasteiger partial charge in [0, 0.05) is 12.1 Å². The first kappa shape index (κ1) is 18.9. The average Bonchev–Trinajstić information content (AvgIpc) is 2.67. The summed E-state index contributed by atoms with van der Waals surface area (Å²) in [7, 11) is 0. The van der Waals surface area contributed by atoms with Gasteiger partial charge in [0.05, 0.1) is 23.0 Å². The van der Waals surface area contributed by atoms with Gasteiger partial charge in [-0.05, 0) is 41.0 Å². The Kier molecular flexibility index (Phi) is 6.24. The summed E-state index contributed by atoms with van der Waals surface area (Å²) in [5.74, 6) is -0.106. The Morgan fingerprint density at radius 1 is 1.35 bits per heavy atom. The van der Waals surface area contributed by atoms with E-state index in [-0.39, 0.29) is 23.9 Å². The van der Waals surface area contributed by atoms with Crippen LogP contribution in [0.2, 0.25) is 0 Å². The van der Waals surface area contributed by atoms with Crippen LogP contribution in [0.15, 0.2) is 6.20 Å². The molecule has 0 aliphatic rings. The number of nitrogens with one attached hydrogen (secondary N) is 1. The number of nitrogens with two attached hydrogens (primary N) is 1. The van der Waals surface area contributed by atoms with Crippen molar-refractivity contribution in [2.45, 2.75) is 59.0 Å². The largest absolute Gasteiger partial charge is 0.350 e. The van der Waals surface area contributed by atoms with Crippen LogP contribution in [0, 0.1) is 0 Å². The molecule has 20 heavy (non-hydrogen) atoms. The van der Waals surface area contributed by atoms with Crippen molar-refractivity contribution >= 4 is 18.3 Å². The predicted molar refractivity (Wildman–Crippen MR) is 84.4 cm³/mol. The molecular weight excluding hydrogens is 276 g/mol. The van der Waals surface area contributed by atoms with E-state index in [1.165, 1.54) is 0 Å². The van der Waals surface area contributed by atoms with E-state index in [1.54, 1.807) is 6.20 Å². The molecule has 0 atom stereocenters. The van der Waals surface area contributed by atoms with Crippen LogP contribution in [0.4, 0.5) is 0 Å². The molecule has 6 heteroatoms. The maximum absolute atomic E-state index is 12.2. The van der Waals surface area contributed by atoms with Gasteiger partial charge in [-0.25, -0.2) is 0 Å². The standard InChI is InChI=1S/C14H26N4O.ClH/c1-7-11-10(8-17-18(11)13(2,3)4)12(19)16-9-14(5,6)15;/h8H,7,9,15H2,1-6H3,(H,16,19);1H. The third-order valence-corrected chi connectivity index (χ3v) is 2.79. The molecule has 0 radical (unpaired) electrons. The fraction of sp³-hybridized carbons (Fsp3) is 0.714. The molecule has 0 aromatic carbocycles. The lowest BCUT2D eigenvalue weighted by molar-refractivity contribution is 0.0945. The van der Waals surface area contributed by atoms with Crippen molar-refractivity contribution in [1.29, 1.82) is 0 Å². The smallest absolute Gasteiger partial charge is 0.254 e. The number of rotatable bonds is 4. The number of carbonyl (C=O) groups excluding carboxylic acids is 1. The van der Waals surface area contributed by atoms with Crippen LogP contribution >= 0.6 is 12.4 Å². The first-order valence-electron chi connectivity index (χ1n) is 6.70. The molecule has 0 aliphatic carbocycles. The first-order valence-corrected chi connectivity index (χ1v) is 6.70. The van der Waals surface area contributed by atoms with Crippen LogP contribution < -0.4 is 11.1 Å². The van der Waals surface area contributed by atoms with Gasteiger partial charge in [-0.15, -0.1) is 12.4 Å². The monoisotopic (exact) mass is 302 g/mol. The second-order valence-corrected chi connectivity index (χ2v) is 6.61. The number of halogens is 1. The molecule has 116 valence electrons. The molecule has 5 nitrogen and oxygen atoms in total. The maximum atomic E-state index is 12.2. The quantitative estimate of drug-likeness (QED) is 0.894. The fourth-order valence-electron chi connectivity index (χ4n) is 1.89. The minimum Gasteiger partial charge on any atom is -0.350 e. The Labute approximate surface area is 127 Å². The lowest BCUT2D eigenvalue weighted by atomic mass is 10.1. The number of hydrogen-bond acceptors (Lipinski definition) is 3. The molecule has 0 saturated heterocycles. The van der Waals surface area contributed by atoms with Crippen molar-refractivity contribution in [1.82, 2.24) is 15.1 Å². The van der Waals surface area contributed by atoms with Crippen LogP contribution in [0.5, 0.6) is 0 Å². The van der Waals surface area contributed by atoms with Gasteiger partial charge in [0.2, 0.25) is 0 Å². The molecule has 1 aromatic rings. The Hall–Kier alpha value is -1.07. The molecule has 0 saturated carbocycles. The predicted octanol–water partition coefficient (Wildman–Crippen LogP) is 2.09. The summed E-state index contributed by atoms with van der Waals surface area (Å²) in [6, 6.07) is 0. The molecule has 1 amide bonds. The van der Waals surface area contributed by atoms with Gasteiger partial charge in [-0.3, -0.25) is 9.48 Å². The number of hydrogen-bond donors (Lipinski definition) is 2. The zero-order valence-electron chi connectivity index (χ0n) is 13.3. The van der Waals surface area contributed by atoms with Gasteiger partial charge in [-0.1, -0.05) is 6.92 Å². The summed E-state index contributed by atoms with van der Waals surface area (Å²) >= 11 is 0. The summed E-state index contributed by atoms with van der Waals surface area (Å²) in [5.41, 5.74) is 6.93.